The lowest BCUT2D eigenvalue weighted by atomic mass is 10.1. The Bertz CT molecular complexity index is 812. The molecule has 0 aliphatic carbocycles. The second kappa shape index (κ2) is 13.2. The number of aliphatic imine (C=N–C) groups is 1. The van der Waals surface area contributed by atoms with Crippen LogP contribution in [-0.2, 0) is 6.54 Å². The number of benzene rings is 2. The molecule has 0 heterocycles. The number of guanidine groups is 1. The molecule has 0 saturated carbocycles. The van der Waals surface area contributed by atoms with E-state index in [4.69, 9.17) is 9.47 Å². The first-order valence-electron chi connectivity index (χ1n) is 10.1. The zero-order chi connectivity index (χ0) is 21.2. The van der Waals surface area contributed by atoms with Crippen LogP contribution in [0.4, 0.5) is 5.69 Å². The van der Waals surface area contributed by atoms with E-state index in [0.29, 0.717) is 19.8 Å². The Hall–Kier alpha value is -2.16. The number of hydrogen-bond donors (Lipinski definition) is 2. The molecule has 6 nitrogen and oxygen atoms in total. The van der Waals surface area contributed by atoms with Crippen molar-refractivity contribution in [3.05, 3.63) is 53.6 Å². The molecule has 0 radical (unpaired) electrons. The van der Waals surface area contributed by atoms with Gasteiger partial charge in [0, 0.05) is 33.4 Å². The molecular weight excluding hydrogens is 491 g/mol. The first-order chi connectivity index (χ1) is 14.0. The molecule has 2 rings (SSSR count). The maximum atomic E-state index is 5.74. The molecule has 0 amide bonds. The van der Waals surface area contributed by atoms with E-state index < -0.39 is 0 Å². The highest BCUT2D eigenvalue weighted by atomic mass is 127. The molecule has 0 fully saturated rings. The molecule has 2 N–H and O–H groups in total. The lowest BCUT2D eigenvalue weighted by molar-refractivity contribution is 0.287. The zero-order valence-corrected chi connectivity index (χ0v) is 21.2. The molecule has 2 aromatic rings. The van der Waals surface area contributed by atoms with Crippen LogP contribution in [0.3, 0.4) is 0 Å². The van der Waals surface area contributed by atoms with Crippen LogP contribution in [0.2, 0.25) is 0 Å². The third-order valence-corrected chi connectivity index (χ3v) is 4.53. The summed E-state index contributed by atoms with van der Waals surface area (Å²) in [6, 6.07) is 14.6. The van der Waals surface area contributed by atoms with E-state index in [1.807, 2.05) is 40.1 Å². The van der Waals surface area contributed by atoms with Gasteiger partial charge in [-0.1, -0.05) is 18.2 Å². The fourth-order valence-corrected chi connectivity index (χ4v) is 2.95. The van der Waals surface area contributed by atoms with Gasteiger partial charge in [-0.2, -0.15) is 0 Å². The van der Waals surface area contributed by atoms with Crippen molar-refractivity contribution < 1.29 is 9.47 Å². The fourth-order valence-electron chi connectivity index (χ4n) is 2.95. The van der Waals surface area contributed by atoms with E-state index in [-0.39, 0.29) is 30.0 Å². The van der Waals surface area contributed by atoms with Gasteiger partial charge in [0.1, 0.15) is 0 Å². The predicted octanol–water partition coefficient (Wildman–Crippen LogP) is 4.59. The van der Waals surface area contributed by atoms with Crippen LogP contribution in [0.5, 0.6) is 11.5 Å². The summed E-state index contributed by atoms with van der Waals surface area (Å²) in [4.78, 5) is 6.46. The van der Waals surface area contributed by atoms with Gasteiger partial charge in [0.2, 0.25) is 0 Å². The first-order valence-corrected chi connectivity index (χ1v) is 10.1. The van der Waals surface area contributed by atoms with Crippen molar-refractivity contribution in [3.8, 4) is 11.5 Å². The van der Waals surface area contributed by atoms with Gasteiger partial charge >= 0.3 is 0 Å². The van der Waals surface area contributed by atoms with Crippen LogP contribution >= 0.6 is 24.0 Å². The van der Waals surface area contributed by atoms with Gasteiger partial charge in [0.05, 0.1) is 19.3 Å². The van der Waals surface area contributed by atoms with Crippen LogP contribution in [0, 0.1) is 0 Å². The molecular formula is C23H35IN4O2. The van der Waals surface area contributed by atoms with Crippen molar-refractivity contribution in [1.29, 1.82) is 0 Å². The molecule has 0 aromatic heterocycles. The summed E-state index contributed by atoms with van der Waals surface area (Å²) in [6.07, 6.45) is 0. The van der Waals surface area contributed by atoms with E-state index >= 15 is 0 Å². The maximum absolute atomic E-state index is 5.74. The van der Waals surface area contributed by atoms with E-state index in [2.05, 4.69) is 57.8 Å². The molecule has 0 aliphatic heterocycles. The van der Waals surface area contributed by atoms with Crippen LogP contribution < -0.4 is 25.0 Å². The van der Waals surface area contributed by atoms with Crippen LogP contribution in [0.1, 0.15) is 37.9 Å². The average molecular weight is 526 g/mol. The Morgan fingerprint density at radius 2 is 1.73 bits per heavy atom. The predicted molar refractivity (Wildman–Crippen MR) is 137 cm³/mol. The molecule has 0 aliphatic rings. The molecule has 0 saturated heterocycles. The first kappa shape index (κ1) is 25.9. The number of rotatable bonds is 9. The number of hydrogen-bond acceptors (Lipinski definition) is 4. The summed E-state index contributed by atoms with van der Waals surface area (Å²) in [5, 5.41) is 6.83. The van der Waals surface area contributed by atoms with E-state index in [9.17, 15) is 0 Å². The number of ether oxygens (including phenoxy) is 2. The molecule has 0 spiro atoms. The van der Waals surface area contributed by atoms with Gasteiger partial charge in [-0.25, -0.2) is 0 Å². The largest absolute Gasteiger partial charge is 0.490 e. The van der Waals surface area contributed by atoms with Crippen molar-refractivity contribution in [1.82, 2.24) is 10.6 Å². The van der Waals surface area contributed by atoms with Crippen molar-refractivity contribution in [2.75, 3.05) is 39.3 Å². The summed E-state index contributed by atoms with van der Waals surface area (Å²) in [5.74, 6) is 2.29. The van der Waals surface area contributed by atoms with Crippen molar-refractivity contribution in [3.63, 3.8) is 0 Å². The smallest absolute Gasteiger partial charge is 0.191 e. The highest BCUT2D eigenvalue weighted by molar-refractivity contribution is 14.0. The van der Waals surface area contributed by atoms with Gasteiger partial charge in [-0.3, -0.25) is 4.99 Å². The van der Waals surface area contributed by atoms with Gasteiger partial charge in [-0.15, -0.1) is 24.0 Å². The Kier molecular flexibility index (Phi) is 11.4. The summed E-state index contributed by atoms with van der Waals surface area (Å²) >= 11 is 0. The Balaban J connectivity index is 0.00000450. The van der Waals surface area contributed by atoms with E-state index in [0.717, 1.165) is 23.0 Å². The molecule has 30 heavy (non-hydrogen) atoms. The lowest BCUT2D eigenvalue weighted by Gasteiger charge is -2.20. The van der Waals surface area contributed by atoms with E-state index in [1.54, 1.807) is 7.05 Å². The molecule has 1 atom stereocenters. The second-order valence-electron chi connectivity index (χ2n) is 6.93. The maximum Gasteiger partial charge on any atom is 0.191 e. The van der Waals surface area contributed by atoms with Crippen molar-refractivity contribution in [2.45, 2.75) is 33.4 Å². The van der Waals surface area contributed by atoms with Crippen molar-refractivity contribution in [2.24, 2.45) is 4.99 Å². The van der Waals surface area contributed by atoms with Gasteiger partial charge in [0.25, 0.3) is 0 Å². The minimum absolute atomic E-state index is 0. The summed E-state index contributed by atoms with van der Waals surface area (Å²) in [7, 11) is 5.87. The average Bonchev–Trinajstić information content (AvgIpc) is 2.72. The molecule has 2 aromatic carbocycles. The molecule has 166 valence electrons. The fraction of sp³-hybridized carbons (Fsp3) is 0.435. The van der Waals surface area contributed by atoms with Gasteiger partial charge < -0.3 is 25.0 Å². The van der Waals surface area contributed by atoms with Gasteiger partial charge in [0.15, 0.2) is 17.5 Å². The quantitative estimate of drug-likeness (QED) is 0.284. The van der Waals surface area contributed by atoms with Gasteiger partial charge in [-0.05, 0) is 56.2 Å². The summed E-state index contributed by atoms with van der Waals surface area (Å²) in [6.45, 7) is 7.95. The van der Waals surface area contributed by atoms with Crippen molar-refractivity contribution >= 4 is 35.6 Å². The Morgan fingerprint density at radius 3 is 2.37 bits per heavy atom. The Morgan fingerprint density at radius 1 is 1.03 bits per heavy atom. The summed E-state index contributed by atoms with van der Waals surface area (Å²) in [5.41, 5.74) is 3.49. The number of anilines is 1. The minimum atomic E-state index is 0. The topological polar surface area (TPSA) is 58.1 Å². The number of halogens is 1. The lowest BCUT2D eigenvalue weighted by Crippen LogP contribution is -2.38. The van der Waals surface area contributed by atoms with Crippen LogP contribution in [0.25, 0.3) is 0 Å². The molecule has 7 heteroatoms. The van der Waals surface area contributed by atoms with E-state index in [1.165, 1.54) is 11.3 Å². The second-order valence-corrected chi connectivity index (χ2v) is 6.93. The third kappa shape index (κ3) is 7.59. The minimum Gasteiger partial charge on any atom is -0.490 e. The zero-order valence-electron chi connectivity index (χ0n) is 18.9. The van der Waals surface area contributed by atoms with Crippen LogP contribution in [0.15, 0.2) is 47.5 Å². The standard InChI is InChI=1S/C23H34N4O2.HI/c1-7-28-21-13-12-19(15-22(21)29-8-2)17(3)26-23(24-4)25-16-18-10-9-11-20(14-18)27(5)6;/h9-15,17H,7-8,16H2,1-6H3,(H2,24,25,26);1H. The number of nitrogens with zero attached hydrogens (tertiary/aromatic N) is 2. The monoisotopic (exact) mass is 526 g/mol. The third-order valence-electron chi connectivity index (χ3n) is 4.53. The molecule has 0 bridgehead atoms. The van der Waals surface area contributed by atoms with Crippen LogP contribution in [-0.4, -0.2) is 40.3 Å². The highest BCUT2D eigenvalue weighted by Crippen LogP contribution is 2.30. The SMILES string of the molecule is CCOc1ccc(C(C)NC(=NC)NCc2cccc(N(C)C)c2)cc1OCC.I. The normalized spacial score (nSPS) is 11.9. The molecule has 1 unspecified atom stereocenters. The summed E-state index contributed by atoms with van der Waals surface area (Å²) < 4.78 is 11.4. The number of nitrogens with one attached hydrogen (secondary N) is 2. The Labute approximate surface area is 198 Å². The highest BCUT2D eigenvalue weighted by Gasteiger charge is 2.12.